The third kappa shape index (κ3) is 5.04. The van der Waals surface area contributed by atoms with Gasteiger partial charge in [0.1, 0.15) is 12.1 Å². The largest absolute Gasteiger partial charge is 0.464 e. The summed E-state index contributed by atoms with van der Waals surface area (Å²) in [5, 5.41) is 2.74. The highest BCUT2D eigenvalue weighted by Crippen LogP contribution is 2.26. The SMILES string of the molecule is CCOC(=O)[C@@H](CC(C)C)NC(=O)[C@@H](Cc1ccccc1)N1C(=O)c2ccccc2C1=O. The number of amides is 3. The van der Waals surface area contributed by atoms with Crippen molar-refractivity contribution in [3.63, 3.8) is 0 Å². The molecule has 0 radical (unpaired) electrons. The van der Waals surface area contributed by atoms with E-state index in [0.717, 1.165) is 10.5 Å². The van der Waals surface area contributed by atoms with E-state index in [1.807, 2.05) is 44.2 Å². The van der Waals surface area contributed by atoms with E-state index in [4.69, 9.17) is 4.74 Å². The molecule has 1 aliphatic heterocycles. The smallest absolute Gasteiger partial charge is 0.328 e. The van der Waals surface area contributed by atoms with Crippen LogP contribution in [0, 0.1) is 5.92 Å². The van der Waals surface area contributed by atoms with Crippen LogP contribution < -0.4 is 5.32 Å². The highest BCUT2D eigenvalue weighted by atomic mass is 16.5. The van der Waals surface area contributed by atoms with Gasteiger partial charge in [-0.25, -0.2) is 4.79 Å². The van der Waals surface area contributed by atoms with Crippen molar-refractivity contribution in [1.82, 2.24) is 10.2 Å². The first-order valence-corrected chi connectivity index (χ1v) is 10.8. The van der Waals surface area contributed by atoms with Crippen LogP contribution in [0.5, 0.6) is 0 Å². The molecule has 7 heteroatoms. The maximum Gasteiger partial charge on any atom is 0.328 e. The Bertz CT molecular complexity index is 967. The molecule has 0 aromatic heterocycles. The van der Waals surface area contributed by atoms with Crippen LogP contribution in [0.25, 0.3) is 0 Å². The fourth-order valence-electron chi connectivity index (χ4n) is 3.83. The molecule has 168 valence electrons. The molecule has 0 unspecified atom stereocenters. The number of nitrogens with zero attached hydrogens (tertiary/aromatic N) is 1. The van der Waals surface area contributed by atoms with Crippen molar-refractivity contribution in [2.24, 2.45) is 5.92 Å². The Kier molecular flexibility index (Phi) is 7.41. The fourth-order valence-corrected chi connectivity index (χ4v) is 3.83. The number of hydrogen-bond acceptors (Lipinski definition) is 5. The number of nitrogens with one attached hydrogen (secondary N) is 1. The maximum atomic E-state index is 13.4. The molecule has 1 aliphatic rings. The van der Waals surface area contributed by atoms with E-state index in [9.17, 15) is 19.2 Å². The van der Waals surface area contributed by atoms with Gasteiger partial charge >= 0.3 is 5.97 Å². The second-order valence-electron chi connectivity index (χ2n) is 8.17. The molecule has 7 nitrogen and oxygen atoms in total. The molecule has 0 saturated carbocycles. The monoisotopic (exact) mass is 436 g/mol. The lowest BCUT2D eigenvalue weighted by Crippen LogP contribution is -2.54. The molecule has 2 atom stereocenters. The minimum atomic E-state index is -1.10. The molecule has 2 aromatic rings. The summed E-state index contributed by atoms with van der Waals surface area (Å²) in [6, 6.07) is 13.7. The average molecular weight is 437 g/mol. The molecular formula is C25H28N2O5. The van der Waals surface area contributed by atoms with Gasteiger partial charge in [0.25, 0.3) is 11.8 Å². The number of imide groups is 1. The molecule has 0 spiro atoms. The van der Waals surface area contributed by atoms with Gasteiger partial charge in [0.2, 0.25) is 5.91 Å². The van der Waals surface area contributed by atoms with E-state index in [-0.39, 0.29) is 30.1 Å². The molecule has 0 saturated heterocycles. The van der Waals surface area contributed by atoms with Gasteiger partial charge in [0, 0.05) is 6.42 Å². The predicted octanol–water partition coefficient (Wildman–Crippen LogP) is 2.99. The molecule has 0 aliphatic carbocycles. The van der Waals surface area contributed by atoms with Crippen molar-refractivity contribution in [3.05, 3.63) is 71.3 Å². The lowest BCUT2D eigenvalue weighted by Gasteiger charge is -2.28. The molecule has 0 fully saturated rings. The number of esters is 1. The first kappa shape index (κ1) is 23.2. The summed E-state index contributed by atoms with van der Waals surface area (Å²) in [5.41, 5.74) is 1.33. The lowest BCUT2D eigenvalue weighted by atomic mass is 10.0. The molecule has 0 bridgehead atoms. The number of hydrogen-bond donors (Lipinski definition) is 1. The van der Waals surface area contributed by atoms with Crippen molar-refractivity contribution >= 4 is 23.7 Å². The second-order valence-corrected chi connectivity index (χ2v) is 8.17. The number of benzene rings is 2. The number of carbonyl (C=O) groups excluding carboxylic acids is 4. The second kappa shape index (κ2) is 10.2. The minimum absolute atomic E-state index is 0.122. The Balaban J connectivity index is 1.92. The molecule has 32 heavy (non-hydrogen) atoms. The number of ether oxygens (including phenoxy) is 1. The first-order valence-electron chi connectivity index (χ1n) is 10.8. The van der Waals surface area contributed by atoms with Gasteiger partial charge in [-0.3, -0.25) is 19.3 Å². The summed E-state index contributed by atoms with van der Waals surface area (Å²) >= 11 is 0. The Hall–Kier alpha value is -3.48. The van der Waals surface area contributed by atoms with Crippen molar-refractivity contribution in [2.45, 2.75) is 45.7 Å². The molecular weight excluding hydrogens is 408 g/mol. The van der Waals surface area contributed by atoms with Crippen LogP contribution in [0.4, 0.5) is 0 Å². The highest BCUT2D eigenvalue weighted by molar-refractivity contribution is 6.22. The van der Waals surface area contributed by atoms with Crippen LogP contribution in [0.1, 0.15) is 53.5 Å². The van der Waals surface area contributed by atoms with Crippen LogP contribution in [0.3, 0.4) is 0 Å². The molecule has 1 N–H and O–H groups in total. The average Bonchev–Trinajstić information content (AvgIpc) is 3.02. The number of rotatable bonds is 9. The fraction of sp³-hybridized carbons (Fsp3) is 0.360. The predicted molar refractivity (Wildman–Crippen MR) is 119 cm³/mol. The topological polar surface area (TPSA) is 92.8 Å². The number of fused-ring (bicyclic) bond motifs is 1. The van der Waals surface area contributed by atoms with E-state index in [0.29, 0.717) is 6.42 Å². The quantitative estimate of drug-likeness (QED) is 0.482. The van der Waals surface area contributed by atoms with Gasteiger partial charge in [-0.15, -0.1) is 0 Å². The van der Waals surface area contributed by atoms with Crippen LogP contribution in [0.2, 0.25) is 0 Å². The number of carbonyl (C=O) groups is 4. The van der Waals surface area contributed by atoms with Gasteiger partial charge in [-0.05, 0) is 37.0 Å². The molecule has 3 rings (SSSR count). The van der Waals surface area contributed by atoms with E-state index < -0.39 is 35.8 Å². The van der Waals surface area contributed by atoms with E-state index in [1.54, 1.807) is 31.2 Å². The normalized spacial score (nSPS) is 14.8. The highest BCUT2D eigenvalue weighted by Gasteiger charge is 2.43. The van der Waals surface area contributed by atoms with Crippen LogP contribution in [-0.4, -0.2) is 47.3 Å². The summed E-state index contributed by atoms with van der Waals surface area (Å²) in [5.74, 6) is -2.01. The van der Waals surface area contributed by atoms with Crippen molar-refractivity contribution in [3.8, 4) is 0 Å². The lowest BCUT2D eigenvalue weighted by molar-refractivity contribution is -0.148. The van der Waals surface area contributed by atoms with Gasteiger partial charge in [0.15, 0.2) is 0 Å². The molecule has 1 heterocycles. The van der Waals surface area contributed by atoms with Crippen LogP contribution >= 0.6 is 0 Å². The third-order valence-electron chi connectivity index (χ3n) is 5.31. The molecule has 3 amide bonds. The van der Waals surface area contributed by atoms with E-state index in [2.05, 4.69) is 5.32 Å². The van der Waals surface area contributed by atoms with E-state index in [1.165, 1.54) is 0 Å². The van der Waals surface area contributed by atoms with Crippen LogP contribution in [-0.2, 0) is 20.7 Å². The van der Waals surface area contributed by atoms with Crippen molar-refractivity contribution < 1.29 is 23.9 Å². The summed E-state index contributed by atoms with van der Waals surface area (Å²) in [6.07, 6.45) is 0.514. The van der Waals surface area contributed by atoms with Gasteiger partial charge < -0.3 is 10.1 Å². The molecule has 2 aromatic carbocycles. The minimum Gasteiger partial charge on any atom is -0.464 e. The third-order valence-corrected chi connectivity index (χ3v) is 5.31. The standard InChI is InChI=1S/C25H28N2O5/c1-4-32-25(31)20(14-16(2)3)26-22(28)21(15-17-10-6-5-7-11-17)27-23(29)18-12-8-9-13-19(18)24(27)30/h5-13,16,20-21H,4,14-15H2,1-3H3,(H,26,28)/t20-,21-/m1/s1. The maximum absolute atomic E-state index is 13.4. The van der Waals surface area contributed by atoms with E-state index >= 15 is 0 Å². The summed E-state index contributed by atoms with van der Waals surface area (Å²) in [7, 11) is 0. The zero-order chi connectivity index (χ0) is 23.3. The van der Waals surface area contributed by atoms with Gasteiger partial charge in [-0.2, -0.15) is 0 Å². The zero-order valence-corrected chi connectivity index (χ0v) is 18.5. The summed E-state index contributed by atoms with van der Waals surface area (Å²) in [4.78, 5) is 53.0. The van der Waals surface area contributed by atoms with Crippen LogP contribution in [0.15, 0.2) is 54.6 Å². The zero-order valence-electron chi connectivity index (χ0n) is 18.5. The Morgan fingerprint density at radius 1 is 0.938 bits per heavy atom. The van der Waals surface area contributed by atoms with Crippen molar-refractivity contribution in [1.29, 1.82) is 0 Å². The Morgan fingerprint density at radius 3 is 2.03 bits per heavy atom. The Morgan fingerprint density at radius 2 is 1.50 bits per heavy atom. The van der Waals surface area contributed by atoms with Gasteiger partial charge in [0.05, 0.1) is 17.7 Å². The van der Waals surface area contributed by atoms with Gasteiger partial charge in [-0.1, -0.05) is 56.3 Å². The summed E-state index contributed by atoms with van der Waals surface area (Å²) in [6.45, 7) is 5.76. The van der Waals surface area contributed by atoms with Crippen molar-refractivity contribution in [2.75, 3.05) is 6.61 Å². The summed E-state index contributed by atoms with van der Waals surface area (Å²) < 4.78 is 5.12. The first-order chi connectivity index (χ1) is 15.3. The Labute approximate surface area is 187 Å².